The highest BCUT2D eigenvalue weighted by Crippen LogP contribution is 2.29. The van der Waals surface area contributed by atoms with E-state index < -0.39 is 0 Å². The Kier molecular flexibility index (Phi) is 6.75. The molecule has 4 rings (SSSR count). The van der Waals surface area contributed by atoms with E-state index in [4.69, 9.17) is 16.3 Å². The Morgan fingerprint density at radius 2 is 1.81 bits per heavy atom. The zero-order valence-electron chi connectivity index (χ0n) is 17.2. The van der Waals surface area contributed by atoms with Crippen molar-refractivity contribution in [2.45, 2.75) is 19.4 Å². The van der Waals surface area contributed by atoms with Crippen LogP contribution < -0.4 is 10.1 Å². The summed E-state index contributed by atoms with van der Waals surface area (Å²) >= 11 is 7.73. The molecule has 31 heavy (non-hydrogen) atoms. The maximum atomic E-state index is 12.4. The van der Waals surface area contributed by atoms with Crippen molar-refractivity contribution >= 4 is 28.8 Å². The highest BCUT2D eigenvalue weighted by atomic mass is 35.5. The Labute approximate surface area is 191 Å². The van der Waals surface area contributed by atoms with Crippen LogP contribution >= 0.6 is 22.9 Å². The lowest BCUT2D eigenvalue weighted by molar-refractivity contribution is -0.121. The van der Waals surface area contributed by atoms with Gasteiger partial charge in [0.1, 0.15) is 5.75 Å². The molecule has 0 aliphatic rings. The van der Waals surface area contributed by atoms with Crippen LogP contribution in [0.25, 0.3) is 16.9 Å². The molecule has 2 aromatic carbocycles. The molecule has 0 fully saturated rings. The standard InChI is InChI=1S/C25H23ClN2O2S/c1-30-22-12-8-20(9-13-22)28-21(10-14-24(28)18-4-6-19(26)7-5-18)11-15-25(29)27-17-23-3-2-16-31-23/h2-10,12-14,16H,11,15,17H2,1H3,(H,27,29). The van der Waals surface area contributed by atoms with Gasteiger partial charge in [0.2, 0.25) is 5.91 Å². The molecule has 4 nitrogen and oxygen atoms in total. The number of thiophene rings is 1. The van der Waals surface area contributed by atoms with Gasteiger partial charge < -0.3 is 14.6 Å². The summed E-state index contributed by atoms with van der Waals surface area (Å²) in [6.07, 6.45) is 1.06. The average Bonchev–Trinajstić information content (AvgIpc) is 3.47. The average molecular weight is 451 g/mol. The fraction of sp³-hybridized carbons (Fsp3) is 0.160. The first-order chi connectivity index (χ1) is 15.1. The van der Waals surface area contributed by atoms with Gasteiger partial charge in [0, 0.05) is 27.7 Å². The second kappa shape index (κ2) is 9.86. The van der Waals surface area contributed by atoms with Gasteiger partial charge in [0.15, 0.2) is 0 Å². The smallest absolute Gasteiger partial charge is 0.220 e. The van der Waals surface area contributed by atoms with Crippen LogP contribution in [0.2, 0.25) is 5.02 Å². The zero-order valence-corrected chi connectivity index (χ0v) is 18.7. The van der Waals surface area contributed by atoms with Crippen LogP contribution in [-0.4, -0.2) is 17.6 Å². The van der Waals surface area contributed by atoms with Crippen LogP contribution in [0.3, 0.4) is 0 Å². The predicted octanol–water partition coefficient (Wildman–Crippen LogP) is 6.12. The lowest BCUT2D eigenvalue weighted by atomic mass is 10.1. The number of nitrogens with zero attached hydrogens (tertiary/aromatic N) is 1. The number of rotatable bonds is 8. The van der Waals surface area contributed by atoms with Gasteiger partial charge in [-0.05, 0) is 72.0 Å². The molecule has 1 N–H and O–H groups in total. The maximum absolute atomic E-state index is 12.4. The van der Waals surface area contributed by atoms with Gasteiger partial charge in [-0.25, -0.2) is 0 Å². The molecule has 2 aromatic heterocycles. The van der Waals surface area contributed by atoms with Crippen molar-refractivity contribution in [1.82, 2.24) is 9.88 Å². The molecular formula is C25H23ClN2O2S. The number of aromatic nitrogens is 1. The summed E-state index contributed by atoms with van der Waals surface area (Å²) in [7, 11) is 1.66. The number of benzene rings is 2. The Bertz CT molecular complexity index is 1130. The normalized spacial score (nSPS) is 10.8. The second-order valence-corrected chi connectivity index (χ2v) is 8.58. The lowest BCUT2D eigenvalue weighted by Crippen LogP contribution is -2.22. The van der Waals surface area contributed by atoms with E-state index in [1.165, 1.54) is 0 Å². The van der Waals surface area contributed by atoms with E-state index in [1.807, 2.05) is 66.0 Å². The highest BCUT2D eigenvalue weighted by Gasteiger charge is 2.14. The van der Waals surface area contributed by atoms with Crippen molar-refractivity contribution < 1.29 is 9.53 Å². The van der Waals surface area contributed by atoms with E-state index in [0.29, 0.717) is 24.4 Å². The van der Waals surface area contributed by atoms with Crippen LogP contribution in [0.1, 0.15) is 17.0 Å². The van der Waals surface area contributed by atoms with E-state index >= 15 is 0 Å². The zero-order chi connectivity index (χ0) is 21.6. The molecule has 2 heterocycles. The van der Waals surface area contributed by atoms with Gasteiger partial charge in [-0.1, -0.05) is 29.8 Å². The number of methoxy groups -OCH3 is 1. The third-order valence-corrected chi connectivity index (χ3v) is 6.21. The van der Waals surface area contributed by atoms with Crippen molar-refractivity contribution in [1.29, 1.82) is 0 Å². The lowest BCUT2D eigenvalue weighted by Gasteiger charge is -2.15. The first kappa shape index (κ1) is 21.2. The van der Waals surface area contributed by atoms with E-state index in [1.54, 1.807) is 18.4 Å². The summed E-state index contributed by atoms with van der Waals surface area (Å²) in [5.74, 6) is 0.849. The van der Waals surface area contributed by atoms with Crippen LogP contribution in [0.15, 0.2) is 78.2 Å². The van der Waals surface area contributed by atoms with E-state index in [0.717, 1.165) is 33.3 Å². The topological polar surface area (TPSA) is 43.3 Å². The number of nitrogens with one attached hydrogen (secondary N) is 1. The molecule has 0 aliphatic carbocycles. The minimum absolute atomic E-state index is 0.0453. The van der Waals surface area contributed by atoms with Crippen molar-refractivity contribution in [2.75, 3.05) is 7.11 Å². The Balaban J connectivity index is 1.57. The second-order valence-electron chi connectivity index (χ2n) is 7.11. The first-order valence-corrected chi connectivity index (χ1v) is 11.3. The molecule has 0 saturated heterocycles. The van der Waals surface area contributed by atoms with Crippen LogP contribution in [0, 0.1) is 0 Å². The van der Waals surface area contributed by atoms with Gasteiger partial charge in [0.05, 0.1) is 19.3 Å². The van der Waals surface area contributed by atoms with Crippen LogP contribution in [0.4, 0.5) is 0 Å². The highest BCUT2D eigenvalue weighted by molar-refractivity contribution is 7.09. The molecule has 4 aromatic rings. The monoisotopic (exact) mass is 450 g/mol. The molecule has 0 atom stereocenters. The molecule has 6 heteroatoms. The number of aryl methyl sites for hydroxylation is 1. The Morgan fingerprint density at radius 3 is 2.48 bits per heavy atom. The quantitative estimate of drug-likeness (QED) is 0.351. The number of halogens is 1. The predicted molar refractivity (Wildman–Crippen MR) is 127 cm³/mol. The fourth-order valence-corrected chi connectivity index (χ4v) is 4.26. The summed E-state index contributed by atoms with van der Waals surface area (Å²) in [6, 6.07) is 23.9. The minimum atomic E-state index is 0.0453. The van der Waals surface area contributed by atoms with E-state index in [9.17, 15) is 4.79 Å². The maximum Gasteiger partial charge on any atom is 0.220 e. The van der Waals surface area contributed by atoms with Gasteiger partial charge >= 0.3 is 0 Å². The fourth-order valence-electron chi connectivity index (χ4n) is 3.49. The number of carbonyl (C=O) groups is 1. The molecule has 0 saturated carbocycles. The van der Waals surface area contributed by atoms with Crippen LogP contribution in [-0.2, 0) is 17.8 Å². The van der Waals surface area contributed by atoms with Crippen molar-refractivity contribution in [3.8, 4) is 22.7 Å². The Morgan fingerprint density at radius 1 is 1.03 bits per heavy atom. The van der Waals surface area contributed by atoms with Gasteiger partial charge in [0.25, 0.3) is 0 Å². The summed E-state index contributed by atoms with van der Waals surface area (Å²) < 4.78 is 7.50. The van der Waals surface area contributed by atoms with Gasteiger partial charge in [-0.15, -0.1) is 11.3 Å². The third kappa shape index (κ3) is 5.19. The summed E-state index contributed by atoms with van der Waals surface area (Å²) in [4.78, 5) is 13.6. The number of carbonyl (C=O) groups excluding carboxylic acids is 1. The number of ether oxygens (including phenoxy) is 1. The summed E-state index contributed by atoms with van der Waals surface area (Å²) in [5, 5.41) is 5.72. The van der Waals surface area contributed by atoms with Crippen molar-refractivity contribution in [3.63, 3.8) is 0 Å². The largest absolute Gasteiger partial charge is 0.497 e. The van der Waals surface area contributed by atoms with Crippen LogP contribution in [0.5, 0.6) is 5.75 Å². The first-order valence-electron chi connectivity index (χ1n) is 10.0. The van der Waals surface area contributed by atoms with E-state index in [-0.39, 0.29) is 5.91 Å². The molecule has 0 spiro atoms. The minimum Gasteiger partial charge on any atom is -0.497 e. The molecule has 0 aliphatic heterocycles. The molecule has 158 valence electrons. The molecule has 0 radical (unpaired) electrons. The molecular weight excluding hydrogens is 428 g/mol. The number of hydrogen-bond acceptors (Lipinski definition) is 3. The molecule has 0 unspecified atom stereocenters. The van der Waals surface area contributed by atoms with Crippen molar-refractivity contribution in [3.05, 3.63) is 93.8 Å². The van der Waals surface area contributed by atoms with Crippen molar-refractivity contribution in [2.24, 2.45) is 0 Å². The molecule has 0 bridgehead atoms. The summed E-state index contributed by atoms with van der Waals surface area (Å²) in [6.45, 7) is 0.575. The number of amides is 1. The SMILES string of the molecule is COc1ccc(-n2c(CCC(=O)NCc3cccs3)ccc2-c2ccc(Cl)cc2)cc1. The van der Waals surface area contributed by atoms with Gasteiger partial charge in [-0.2, -0.15) is 0 Å². The Hall–Kier alpha value is -3.02. The van der Waals surface area contributed by atoms with Gasteiger partial charge in [-0.3, -0.25) is 4.79 Å². The third-order valence-electron chi connectivity index (χ3n) is 5.08. The summed E-state index contributed by atoms with van der Waals surface area (Å²) in [5.41, 5.74) is 4.20. The molecule has 1 amide bonds. The number of hydrogen-bond donors (Lipinski definition) is 1. The van der Waals surface area contributed by atoms with E-state index in [2.05, 4.69) is 22.0 Å².